The predicted octanol–water partition coefficient (Wildman–Crippen LogP) is 2.66. The Morgan fingerprint density at radius 2 is 2.00 bits per heavy atom. The third-order valence-corrected chi connectivity index (χ3v) is 5.28. The van der Waals surface area contributed by atoms with Crippen LogP contribution in [0.25, 0.3) is 0 Å². The summed E-state index contributed by atoms with van der Waals surface area (Å²) in [5.41, 5.74) is 1.59. The van der Waals surface area contributed by atoms with Crippen LogP contribution in [0.3, 0.4) is 0 Å². The maximum Gasteiger partial charge on any atom is 0.282 e. The Morgan fingerprint density at radius 1 is 1.29 bits per heavy atom. The number of benzene rings is 1. The first-order chi connectivity index (χ1) is 11.5. The van der Waals surface area contributed by atoms with E-state index in [0.717, 1.165) is 37.4 Å². The molecule has 24 heavy (non-hydrogen) atoms. The molecule has 0 bridgehead atoms. The number of nitrogens with zero attached hydrogens (tertiary/aromatic N) is 4. The SMILES string of the molecule is Cn1ncc(N2CCN(Cc3ccc(F)cc3Cl)CC2)c(Br)c1=O. The Balaban J connectivity index is 1.66. The molecular formula is C16H17BrClFN4O. The van der Waals surface area contributed by atoms with Gasteiger partial charge in [-0.25, -0.2) is 9.07 Å². The molecule has 5 nitrogen and oxygen atoms in total. The first-order valence-corrected chi connectivity index (χ1v) is 8.76. The van der Waals surface area contributed by atoms with Crippen LogP contribution >= 0.6 is 27.5 Å². The van der Waals surface area contributed by atoms with Crippen LogP contribution in [0.2, 0.25) is 5.02 Å². The maximum absolute atomic E-state index is 13.1. The number of rotatable bonds is 3. The second kappa shape index (κ2) is 7.21. The van der Waals surface area contributed by atoms with Gasteiger partial charge in [0.1, 0.15) is 10.3 Å². The minimum absolute atomic E-state index is 0.145. The van der Waals surface area contributed by atoms with E-state index in [-0.39, 0.29) is 11.4 Å². The zero-order chi connectivity index (χ0) is 17.3. The normalized spacial score (nSPS) is 15.8. The number of anilines is 1. The molecule has 0 N–H and O–H groups in total. The lowest BCUT2D eigenvalue weighted by molar-refractivity contribution is 0.249. The van der Waals surface area contributed by atoms with Crippen molar-refractivity contribution in [3.05, 3.63) is 55.6 Å². The molecule has 1 aromatic carbocycles. The van der Waals surface area contributed by atoms with Crippen molar-refractivity contribution in [2.45, 2.75) is 6.54 Å². The van der Waals surface area contributed by atoms with Gasteiger partial charge in [-0.1, -0.05) is 17.7 Å². The lowest BCUT2D eigenvalue weighted by atomic mass is 10.2. The van der Waals surface area contributed by atoms with Gasteiger partial charge >= 0.3 is 0 Å². The Bertz CT molecular complexity index is 805. The highest BCUT2D eigenvalue weighted by atomic mass is 79.9. The van der Waals surface area contributed by atoms with Crippen molar-refractivity contribution in [2.75, 3.05) is 31.1 Å². The number of halogens is 3. The predicted molar refractivity (Wildman–Crippen MR) is 96.1 cm³/mol. The van der Waals surface area contributed by atoms with E-state index < -0.39 is 0 Å². The van der Waals surface area contributed by atoms with Crippen molar-refractivity contribution in [1.82, 2.24) is 14.7 Å². The van der Waals surface area contributed by atoms with Crippen LogP contribution in [0.4, 0.5) is 10.1 Å². The Labute approximate surface area is 152 Å². The van der Waals surface area contributed by atoms with E-state index >= 15 is 0 Å². The third-order valence-electron chi connectivity index (χ3n) is 4.18. The molecule has 0 unspecified atom stereocenters. The number of piperazine rings is 1. The minimum Gasteiger partial charge on any atom is -0.367 e. The van der Waals surface area contributed by atoms with Crippen LogP contribution < -0.4 is 10.5 Å². The van der Waals surface area contributed by atoms with E-state index in [9.17, 15) is 9.18 Å². The molecule has 0 saturated carbocycles. The summed E-state index contributed by atoms with van der Waals surface area (Å²) in [7, 11) is 1.63. The Hall–Kier alpha value is -1.44. The van der Waals surface area contributed by atoms with Gasteiger partial charge in [0, 0.05) is 44.8 Å². The molecule has 128 valence electrons. The Morgan fingerprint density at radius 3 is 2.67 bits per heavy atom. The van der Waals surface area contributed by atoms with Crippen LogP contribution in [0.15, 0.2) is 33.7 Å². The molecule has 2 aromatic rings. The first-order valence-electron chi connectivity index (χ1n) is 7.59. The fourth-order valence-corrected chi connectivity index (χ4v) is 3.60. The number of hydrogen-bond donors (Lipinski definition) is 0. The highest BCUT2D eigenvalue weighted by Crippen LogP contribution is 2.24. The minimum atomic E-state index is -0.323. The molecule has 3 rings (SSSR count). The van der Waals surface area contributed by atoms with Crippen molar-refractivity contribution in [3.8, 4) is 0 Å². The average Bonchev–Trinajstić information content (AvgIpc) is 2.56. The van der Waals surface area contributed by atoms with E-state index in [0.29, 0.717) is 16.0 Å². The van der Waals surface area contributed by atoms with Crippen molar-refractivity contribution in [3.63, 3.8) is 0 Å². The van der Waals surface area contributed by atoms with Crippen LogP contribution in [0.1, 0.15) is 5.56 Å². The fourth-order valence-electron chi connectivity index (χ4n) is 2.76. The van der Waals surface area contributed by atoms with Gasteiger partial charge in [-0.2, -0.15) is 5.10 Å². The fraction of sp³-hybridized carbons (Fsp3) is 0.375. The summed E-state index contributed by atoms with van der Waals surface area (Å²) in [6.45, 7) is 3.91. The zero-order valence-corrected chi connectivity index (χ0v) is 15.5. The molecule has 0 aliphatic carbocycles. The smallest absolute Gasteiger partial charge is 0.282 e. The molecule has 1 aromatic heterocycles. The second-order valence-corrected chi connectivity index (χ2v) is 6.97. The van der Waals surface area contributed by atoms with Crippen LogP contribution in [-0.2, 0) is 13.6 Å². The first kappa shape index (κ1) is 17.4. The highest BCUT2D eigenvalue weighted by molar-refractivity contribution is 9.10. The molecule has 0 atom stereocenters. The summed E-state index contributed by atoms with van der Waals surface area (Å²) in [4.78, 5) is 16.4. The molecule has 1 aliphatic rings. The molecule has 0 radical (unpaired) electrons. The third kappa shape index (κ3) is 3.63. The molecule has 0 amide bonds. The lowest BCUT2D eigenvalue weighted by Gasteiger charge is -2.36. The van der Waals surface area contributed by atoms with Gasteiger partial charge in [-0.15, -0.1) is 0 Å². The van der Waals surface area contributed by atoms with E-state index in [1.807, 2.05) is 0 Å². The Kier molecular flexibility index (Phi) is 5.22. The summed E-state index contributed by atoms with van der Waals surface area (Å²) in [6, 6.07) is 4.50. The van der Waals surface area contributed by atoms with Gasteiger partial charge in [-0.3, -0.25) is 9.69 Å². The maximum atomic E-state index is 13.1. The molecule has 1 aliphatic heterocycles. The van der Waals surface area contributed by atoms with Crippen molar-refractivity contribution in [1.29, 1.82) is 0 Å². The van der Waals surface area contributed by atoms with Crippen molar-refractivity contribution in [2.24, 2.45) is 7.05 Å². The van der Waals surface area contributed by atoms with Crippen LogP contribution in [0, 0.1) is 5.82 Å². The number of aromatic nitrogens is 2. The number of hydrogen-bond acceptors (Lipinski definition) is 4. The summed E-state index contributed by atoms with van der Waals surface area (Å²) in [5, 5.41) is 4.54. The van der Waals surface area contributed by atoms with Gasteiger partial charge in [0.2, 0.25) is 0 Å². The zero-order valence-electron chi connectivity index (χ0n) is 13.2. The summed E-state index contributed by atoms with van der Waals surface area (Å²) >= 11 is 9.47. The van der Waals surface area contributed by atoms with Crippen molar-refractivity contribution < 1.29 is 4.39 Å². The largest absolute Gasteiger partial charge is 0.367 e. The monoisotopic (exact) mass is 414 g/mol. The summed E-state index contributed by atoms with van der Waals surface area (Å²) < 4.78 is 15.0. The van der Waals surface area contributed by atoms with Gasteiger partial charge in [0.05, 0.1) is 11.9 Å². The molecule has 2 heterocycles. The van der Waals surface area contributed by atoms with E-state index in [4.69, 9.17) is 11.6 Å². The van der Waals surface area contributed by atoms with E-state index in [1.165, 1.54) is 16.8 Å². The highest BCUT2D eigenvalue weighted by Gasteiger charge is 2.21. The molecule has 1 fully saturated rings. The molecule has 1 saturated heterocycles. The lowest BCUT2D eigenvalue weighted by Crippen LogP contribution is -2.46. The quantitative estimate of drug-likeness (QED) is 0.773. The summed E-state index contributed by atoms with van der Waals surface area (Å²) in [6.07, 6.45) is 1.71. The van der Waals surface area contributed by atoms with E-state index in [2.05, 4.69) is 30.8 Å². The summed E-state index contributed by atoms with van der Waals surface area (Å²) in [5.74, 6) is -0.323. The standard InChI is InChI=1S/C16H17BrClFN4O/c1-21-16(24)15(17)14(9-20-21)23-6-4-22(5-7-23)10-11-2-3-12(19)8-13(11)18/h2-3,8-9H,4-7,10H2,1H3. The van der Waals surface area contributed by atoms with Gasteiger partial charge < -0.3 is 4.90 Å². The molecular weight excluding hydrogens is 399 g/mol. The molecule has 8 heteroatoms. The average molecular weight is 416 g/mol. The van der Waals surface area contributed by atoms with E-state index in [1.54, 1.807) is 19.3 Å². The van der Waals surface area contributed by atoms with Crippen molar-refractivity contribution >= 4 is 33.2 Å². The topological polar surface area (TPSA) is 41.4 Å². The van der Waals surface area contributed by atoms with Gasteiger partial charge in [0.25, 0.3) is 5.56 Å². The number of aryl methyl sites for hydroxylation is 1. The van der Waals surface area contributed by atoms with Crippen LogP contribution in [0.5, 0.6) is 0 Å². The molecule has 0 spiro atoms. The van der Waals surface area contributed by atoms with Crippen LogP contribution in [-0.4, -0.2) is 40.9 Å². The van der Waals surface area contributed by atoms with Gasteiger partial charge in [-0.05, 0) is 33.6 Å². The second-order valence-electron chi connectivity index (χ2n) is 5.77. The van der Waals surface area contributed by atoms with Gasteiger partial charge in [0.15, 0.2) is 0 Å².